The van der Waals surface area contributed by atoms with E-state index in [1.165, 1.54) is 34.1 Å². The number of fused-ring (bicyclic) bond motifs is 1. The third-order valence-electron chi connectivity index (χ3n) is 7.68. The molecule has 222 valence electrons. The molecule has 0 saturated carbocycles. The Hall–Kier alpha value is -5.10. The monoisotopic (exact) mass is 586 g/mol. The molecule has 5 rings (SSSR count). The minimum atomic E-state index is -1.54. The number of amides is 4. The number of nitrogens with zero attached hydrogens (tertiary/aromatic N) is 4. The van der Waals surface area contributed by atoms with Gasteiger partial charge in [-0.3, -0.25) is 29.4 Å². The Bertz CT molecular complexity index is 1450. The van der Waals surface area contributed by atoms with Crippen molar-refractivity contribution in [3.63, 3.8) is 0 Å². The molecule has 2 fully saturated rings. The second-order valence-corrected chi connectivity index (χ2v) is 10.3. The minimum Gasteiger partial charge on any atom is -0.463 e. The fourth-order valence-electron chi connectivity index (χ4n) is 5.50. The number of hydrogen-bond donors (Lipinski definition) is 1. The quantitative estimate of drug-likeness (QED) is 0.156. The molecular formula is C31H30N4O8. The number of carbonyl (C=O) groups excluding carboxylic acids is 4. The molecule has 0 aromatic heterocycles. The van der Waals surface area contributed by atoms with E-state index < -0.39 is 59.6 Å². The van der Waals surface area contributed by atoms with Crippen LogP contribution in [0.2, 0.25) is 0 Å². The molecule has 43 heavy (non-hydrogen) atoms. The Morgan fingerprint density at radius 3 is 1.79 bits per heavy atom. The second kappa shape index (κ2) is 12.4. The lowest BCUT2D eigenvalue weighted by Crippen LogP contribution is -2.51. The fraction of sp³-hybridized carbons (Fsp3) is 0.290. The Labute approximate surface area is 247 Å². The van der Waals surface area contributed by atoms with Gasteiger partial charge in [0.2, 0.25) is 0 Å². The van der Waals surface area contributed by atoms with Gasteiger partial charge >= 0.3 is 12.0 Å². The van der Waals surface area contributed by atoms with Crippen LogP contribution in [0.5, 0.6) is 0 Å². The van der Waals surface area contributed by atoms with Crippen molar-refractivity contribution in [3.05, 3.63) is 112 Å². The average molecular weight is 587 g/mol. The highest BCUT2D eigenvalue weighted by molar-refractivity contribution is 6.13. The first-order valence-corrected chi connectivity index (χ1v) is 13.8. The maximum atomic E-state index is 14.1. The largest absolute Gasteiger partial charge is 0.463 e. The SMILES string of the molecule is CCC(=O)OC[C@@H]([C@H](O)c1ccc([N+](=O)[O-])cc1)N1C(=O)[C@@H]2[C@H](C1=O)N(Cc1ccccc1)C(=O)N2Cc1ccccc1. The van der Waals surface area contributed by atoms with Crippen LogP contribution < -0.4 is 0 Å². The first-order valence-electron chi connectivity index (χ1n) is 13.8. The predicted molar refractivity (Wildman–Crippen MR) is 152 cm³/mol. The molecule has 0 aliphatic carbocycles. The van der Waals surface area contributed by atoms with E-state index in [2.05, 4.69) is 0 Å². The summed E-state index contributed by atoms with van der Waals surface area (Å²) in [6.07, 6.45) is -1.52. The summed E-state index contributed by atoms with van der Waals surface area (Å²) in [6, 6.07) is 19.0. The van der Waals surface area contributed by atoms with Gasteiger partial charge in [-0.15, -0.1) is 0 Å². The van der Waals surface area contributed by atoms with Crippen molar-refractivity contribution in [2.45, 2.75) is 50.7 Å². The molecule has 0 unspecified atom stereocenters. The van der Waals surface area contributed by atoms with Gasteiger partial charge in [-0.25, -0.2) is 4.79 Å². The van der Waals surface area contributed by atoms with Gasteiger partial charge in [0.05, 0.1) is 4.92 Å². The van der Waals surface area contributed by atoms with Gasteiger partial charge in [-0.05, 0) is 28.8 Å². The molecule has 0 bridgehead atoms. The average Bonchev–Trinajstić information content (AvgIpc) is 3.43. The number of hydrogen-bond acceptors (Lipinski definition) is 8. The highest BCUT2D eigenvalue weighted by Crippen LogP contribution is 2.37. The summed E-state index contributed by atoms with van der Waals surface area (Å²) in [6.45, 7) is 1.21. The van der Waals surface area contributed by atoms with Crippen molar-refractivity contribution >= 4 is 29.5 Å². The van der Waals surface area contributed by atoms with E-state index in [-0.39, 0.29) is 30.8 Å². The number of aliphatic hydroxyl groups is 1. The van der Waals surface area contributed by atoms with Gasteiger partial charge in [-0.1, -0.05) is 67.6 Å². The minimum absolute atomic E-state index is 0.0255. The van der Waals surface area contributed by atoms with Crippen LogP contribution in [0.3, 0.4) is 0 Å². The summed E-state index contributed by atoms with van der Waals surface area (Å²) in [5, 5.41) is 22.5. The molecular weight excluding hydrogens is 556 g/mol. The molecule has 2 saturated heterocycles. The van der Waals surface area contributed by atoms with Crippen LogP contribution in [-0.4, -0.2) is 73.3 Å². The zero-order valence-electron chi connectivity index (χ0n) is 23.3. The van der Waals surface area contributed by atoms with Gasteiger partial charge in [0.15, 0.2) is 0 Å². The summed E-state index contributed by atoms with van der Waals surface area (Å²) < 4.78 is 5.31. The summed E-state index contributed by atoms with van der Waals surface area (Å²) >= 11 is 0. The highest BCUT2D eigenvalue weighted by Gasteiger charge is 2.62. The number of imide groups is 1. The third kappa shape index (κ3) is 5.82. The molecule has 12 nitrogen and oxygen atoms in total. The van der Waals surface area contributed by atoms with Crippen molar-refractivity contribution < 1.29 is 33.9 Å². The normalized spacial score (nSPS) is 19.4. The summed E-state index contributed by atoms with van der Waals surface area (Å²) in [4.78, 5) is 68.2. The van der Waals surface area contributed by atoms with Crippen molar-refractivity contribution in [2.75, 3.05) is 6.61 Å². The van der Waals surface area contributed by atoms with Crippen molar-refractivity contribution in [1.29, 1.82) is 0 Å². The number of urea groups is 1. The Balaban J connectivity index is 1.52. The van der Waals surface area contributed by atoms with Gasteiger partial charge in [0.1, 0.15) is 30.8 Å². The van der Waals surface area contributed by atoms with E-state index in [0.29, 0.717) is 0 Å². The van der Waals surface area contributed by atoms with E-state index in [4.69, 9.17) is 4.74 Å². The number of aliphatic hydroxyl groups excluding tert-OH is 1. The predicted octanol–water partition coefficient (Wildman–Crippen LogP) is 3.19. The van der Waals surface area contributed by atoms with Crippen molar-refractivity contribution in [1.82, 2.24) is 14.7 Å². The number of non-ortho nitro benzene ring substituents is 1. The standard InChI is InChI=1S/C31H30N4O8/c1-2-25(36)43-19-24(28(37)22-13-15-23(16-14-22)35(41)42)34-29(38)26-27(30(34)39)33(18-21-11-7-4-8-12-21)31(40)32(26)17-20-9-5-3-6-10-20/h3-16,24,26-28,37H,2,17-19H2,1H3/t24-,26-,27+,28+/m0/s1. The van der Waals surface area contributed by atoms with Crippen LogP contribution >= 0.6 is 0 Å². The lowest BCUT2D eigenvalue weighted by Gasteiger charge is -2.32. The second-order valence-electron chi connectivity index (χ2n) is 10.3. The van der Waals surface area contributed by atoms with E-state index >= 15 is 0 Å². The third-order valence-corrected chi connectivity index (χ3v) is 7.68. The van der Waals surface area contributed by atoms with Crippen LogP contribution in [0.15, 0.2) is 84.9 Å². The van der Waals surface area contributed by atoms with Crippen LogP contribution in [0, 0.1) is 10.1 Å². The molecule has 1 N–H and O–H groups in total. The number of benzene rings is 3. The number of nitro benzene ring substituents is 1. The van der Waals surface area contributed by atoms with Gasteiger partial charge < -0.3 is 19.6 Å². The maximum absolute atomic E-state index is 14.1. The number of likely N-dealkylation sites (tertiary alicyclic amines) is 1. The van der Waals surface area contributed by atoms with Crippen molar-refractivity contribution in [2.24, 2.45) is 0 Å². The van der Waals surface area contributed by atoms with Gasteiger partial charge in [0.25, 0.3) is 17.5 Å². The maximum Gasteiger partial charge on any atom is 0.322 e. The molecule has 4 amide bonds. The van der Waals surface area contributed by atoms with Crippen molar-refractivity contribution in [3.8, 4) is 0 Å². The number of nitro groups is 1. The molecule has 2 aliphatic heterocycles. The van der Waals surface area contributed by atoms with E-state index in [1.54, 1.807) is 6.92 Å². The Kier molecular flexibility index (Phi) is 8.48. The van der Waals surface area contributed by atoms with Gasteiger partial charge in [-0.2, -0.15) is 0 Å². The molecule has 2 aliphatic rings. The zero-order chi connectivity index (χ0) is 30.7. The highest BCUT2D eigenvalue weighted by atomic mass is 16.6. The number of carbonyl (C=O) groups is 4. The van der Waals surface area contributed by atoms with E-state index in [0.717, 1.165) is 16.0 Å². The first-order chi connectivity index (χ1) is 20.7. The van der Waals surface area contributed by atoms with Crippen LogP contribution in [0.1, 0.15) is 36.1 Å². The Morgan fingerprint density at radius 2 is 1.35 bits per heavy atom. The number of rotatable bonds is 11. The van der Waals surface area contributed by atoms with Crippen LogP contribution in [-0.2, 0) is 32.2 Å². The first kappa shape index (κ1) is 29.4. The van der Waals surface area contributed by atoms with Crippen LogP contribution in [0.25, 0.3) is 0 Å². The molecule has 0 spiro atoms. The molecule has 3 aromatic carbocycles. The smallest absolute Gasteiger partial charge is 0.322 e. The van der Waals surface area contributed by atoms with Gasteiger partial charge in [0, 0.05) is 31.6 Å². The summed E-state index contributed by atoms with van der Waals surface area (Å²) in [7, 11) is 0. The number of ether oxygens (including phenoxy) is 1. The molecule has 12 heteroatoms. The topological polar surface area (TPSA) is 151 Å². The Morgan fingerprint density at radius 1 is 0.860 bits per heavy atom. The summed E-state index contributed by atoms with van der Waals surface area (Å²) in [5.74, 6) is -2.03. The molecule has 0 radical (unpaired) electrons. The summed E-state index contributed by atoms with van der Waals surface area (Å²) in [5.41, 5.74) is 1.49. The van der Waals surface area contributed by atoms with Crippen LogP contribution in [0.4, 0.5) is 10.5 Å². The zero-order valence-corrected chi connectivity index (χ0v) is 23.3. The van der Waals surface area contributed by atoms with E-state index in [1.807, 2.05) is 60.7 Å². The fourth-order valence-corrected chi connectivity index (χ4v) is 5.50. The molecule has 2 heterocycles. The van der Waals surface area contributed by atoms with E-state index in [9.17, 15) is 34.4 Å². The lowest BCUT2D eigenvalue weighted by molar-refractivity contribution is -0.384. The molecule has 4 atom stereocenters. The number of esters is 1. The molecule has 3 aromatic rings. The lowest BCUT2D eigenvalue weighted by atomic mass is 10.0.